The molecule has 0 saturated carbocycles. The Morgan fingerprint density at radius 3 is 2.48 bits per heavy atom. The van der Waals surface area contributed by atoms with Gasteiger partial charge in [0.15, 0.2) is 0 Å². The van der Waals surface area contributed by atoms with E-state index in [0.717, 1.165) is 32.5 Å². The van der Waals surface area contributed by atoms with Crippen molar-refractivity contribution in [3.05, 3.63) is 18.5 Å². The number of likely N-dealkylation sites (N-methyl/N-ethyl adjacent to an activating group) is 1. The summed E-state index contributed by atoms with van der Waals surface area (Å²) in [5.41, 5.74) is 0. The molecule has 2 rings (SSSR count). The quantitative estimate of drug-likeness (QED) is 0.788. The Balaban J connectivity index is 0.00000288. The molecule has 9 heteroatoms. The van der Waals surface area contributed by atoms with Crippen molar-refractivity contribution in [2.45, 2.75) is 25.8 Å². The van der Waals surface area contributed by atoms with Gasteiger partial charge in [0.25, 0.3) is 0 Å². The van der Waals surface area contributed by atoms with Gasteiger partial charge in [0.05, 0.1) is 6.54 Å². The molecule has 0 spiro atoms. The first-order valence-corrected chi connectivity index (χ1v) is 8.19. The third-order valence-corrected chi connectivity index (χ3v) is 4.49. The number of carbonyl (C=O) groups excluding carboxylic acids is 2. The van der Waals surface area contributed by atoms with Gasteiger partial charge in [-0.05, 0) is 45.3 Å². The normalized spacial score (nSPS) is 15.7. The second-order valence-electron chi connectivity index (χ2n) is 6.24. The second kappa shape index (κ2) is 11.3. The molecule has 1 aliphatic heterocycles. The van der Waals surface area contributed by atoms with E-state index < -0.39 is 6.04 Å². The molecule has 0 aromatic carbocycles. The number of rotatable bonds is 6. The standard InChI is InChI=1S/C16H27N5O2.2ClH/c1-13(21-8-4-7-18-21)16(23)19(3)12-15(22)20-9-5-14(6-10-20)11-17-2;;/h4,7-8,13-14,17H,5-6,9-12H2,1-3H3;2*1H. The van der Waals surface area contributed by atoms with Gasteiger partial charge in [-0.2, -0.15) is 5.10 Å². The Kier molecular flexibility index (Phi) is 10.7. The smallest absolute Gasteiger partial charge is 0.247 e. The second-order valence-corrected chi connectivity index (χ2v) is 6.24. The van der Waals surface area contributed by atoms with E-state index in [1.807, 2.05) is 11.9 Å². The van der Waals surface area contributed by atoms with Crippen molar-refractivity contribution in [3.63, 3.8) is 0 Å². The van der Waals surface area contributed by atoms with Gasteiger partial charge in [0.1, 0.15) is 6.04 Å². The van der Waals surface area contributed by atoms with Crippen LogP contribution in [-0.4, -0.2) is 71.7 Å². The lowest BCUT2D eigenvalue weighted by atomic mass is 9.97. The van der Waals surface area contributed by atoms with Gasteiger partial charge < -0.3 is 15.1 Å². The molecule has 1 N–H and O–H groups in total. The van der Waals surface area contributed by atoms with Crippen LogP contribution in [0.1, 0.15) is 25.8 Å². The summed E-state index contributed by atoms with van der Waals surface area (Å²) in [6.07, 6.45) is 5.44. The number of aromatic nitrogens is 2. The summed E-state index contributed by atoms with van der Waals surface area (Å²) in [5, 5.41) is 7.27. The summed E-state index contributed by atoms with van der Waals surface area (Å²) in [6, 6.07) is 1.38. The molecule has 0 radical (unpaired) electrons. The van der Waals surface area contributed by atoms with Gasteiger partial charge in [-0.15, -0.1) is 24.8 Å². The van der Waals surface area contributed by atoms with Crippen LogP contribution in [0.5, 0.6) is 0 Å². The van der Waals surface area contributed by atoms with E-state index in [1.54, 1.807) is 37.1 Å². The molecule has 0 bridgehead atoms. The summed E-state index contributed by atoms with van der Waals surface area (Å²) in [5.74, 6) is 0.562. The summed E-state index contributed by atoms with van der Waals surface area (Å²) >= 11 is 0. The first kappa shape index (κ1) is 23.7. The molecular formula is C16H29Cl2N5O2. The van der Waals surface area contributed by atoms with Crippen LogP contribution in [0.2, 0.25) is 0 Å². The molecule has 1 aromatic heterocycles. The highest BCUT2D eigenvalue weighted by Gasteiger charge is 2.26. The Morgan fingerprint density at radius 1 is 1.32 bits per heavy atom. The minimum atomic E-state index is -0.399. The van der Waals surface area contributed by atoms with E-state index in [2.05, 4.69) is 10.4 Å². The third kappa shape index (κ3) is 6.49. The Hall–Kier alpha value is -1.31. The fourth-order valence-electron chi connectivity index (χ4n) is 3.00. The molecule has 1 fully saturated rings. The minimum Gasteiger partial charge on any atom is -0.341 e. The molecule has 2 heterocycles. The molecule has 1 unspecified atom stereocenters. The van der Waals surface area contributed by atoms with Crippen LogP contribution in [0.3, 0.4) is 0 Å². The van der Waals surface area contributed by atoms with Crippen molar-refractivity contribution in [2.75, 3.05) is 40.3 Å². The van der Waals surface area contributed by atoms with Gasteiger partial charge in [-0.3, -0.25) is 14.3 Å². The Morgan fingerprint density at radius 2 is 1.96 bits per heavy atom. The van der Waals surface area contributed by atoms with Crippen molar-refractivity contribution in [2.24, 2.45) is 5.92 Å². The fourth-order valence-corrected chi connectivity index (χ4v) is 3.00. The van der Waals surface area contributed by atoms with Crippen molar-refractivity contribution >= 4 is 36.6 Å². The molecular weight excluding hydrogens is 365 g/mol. The molecule has 25 heavy (non-hydrogen) atoms. The van der Waals surface area contributed by atoms with Gasteiger partial charge in [0, 0.05) is 32.5 Å². The van der Waals surface area contributed by atoms with Crippen LogP contribution in [0, 0.1) is 5.92 Å². The Labute approximate surface area is 161 Å². The van der Waals surface area contributed by atoms with Gasteiger partial charge in [-0.1, -0.05) is 0 Å². The van der Waals surface area contributed by atoms with Crippen molar-refractivity contribution < 1.29 is 9.59 Å². The van der Waals surface area contributed by atoms with E-state index in [9.17, 15) is 9.59 Å². The number of halogens is 2. The zero-order valence-electron chi connectivity index (χ0n) is 15.1. The number of carbonyl (C=O) groups is 2. The van der Waals surface area contributed by atoms with E-state index in [4.69, 9.17) is 0 Å². The number of amides is 2. The van der Waals surface area contributed by atoms with E-state index in [0.29, 0.717) is 5.92 Å². The number of hydrogen-bond acceptors (Lipinski definition) is 4. The van der Waals surface area contributed by atoms with E-state index >= 15 is 0 Å². The number of hydrogen-bond donors (Lipinski definition) is 1. The lowest BCUT2D eigenvalue weighted by Gasteiger charge is -2.33. The van der Waals surface area contributed by atoms with Crippen LogP contribution in [0.4, 0.5) is 0 Å². The number of piperidine rings is 1. The van der Waals surface area contributed by atoms with E-state index in [1.165, 1.54) is 4.90 Å². The predicted octanol–water partition coefficient (Wildman–Crippen LogP) is 1.20. The molecule has 2 amide bonds. The predicted molar refractivity (Wildman–Crippen MR) is 102 cm³/mol. The molecule has 1 saturated heterocycles. The molecule has 1 aromatic rings. The minimum absolute atomic E-state index is 0. The van der Waals surface area contributed by atoms with Crippen LogP contribution < -0.4 is 5.32 Å². The first-order valence-electron chi connectivity index (χ1n) is 8.19. The maximum atomic E-state index is 12.4. The number of likely N-dealkylation sites (tertiary alicyclic amines) is 1. The number of nitrogens with zero attached hydrogens (tertiary/aromatic N) is 4. The highest BCUT2D eigenvalue weighted by atomic mass is 35.5. The summed E-state index contributed by atoms with van der Waals surface area (Å²) < 4.78 is 1.60. The van der Waals surface area contributed by atoms with Gasteiger partial charge in [0.2, 0.25) is 11.8 Å². The van der Waals surface area contributed by atoms with Gasteiger partial charge >= 0.3 is 0 Å². The topological polar surface area (TPSA) is 70.5 Å². The first-order chi connectivity index (χ1) is 11.0. The van der Waals surface area contributed by atoms with Crippen LogP contribution >= 0.6 is 24.8 Å². The average Bonchev–Trinajstić information content (AvgIpc) is 3.08. The maximum Gasteiger partial charge on any atom is 0.247 e. The maximum absolute atomic E-state index is 12.4. The highest BCUT2D eigenvalue weighted by Crippen LogP contribution is 2.16. The number of nitrogens with one attached hydrogen (secondary N) is 1. The van der Waals surface area contributed by atoms with Crippen LogP contribution in [-0.2, 0) is 9.59 Å². The molecule has 7 nitrogen and oxygen atoms in total. The summed E-state index contributed by atoms with van der Waals surface area (Å²) in [7, 11) is 3.63. The zero-order valence-corrected chi connectivity index (χ0v) is 16.7. The lowest BCUT2D eigenvalue weighted by molar-refractivity contribution is -0.141. The fraction of sp³-hybridized carbons (Fsp3) is 0.688. The summed E-state index contributed by atoms with van der Waals surface area (Å²) in [4.78, 5) is 28.1. The largest absolute Gasteiger partial charge is 0.341 e. The van der Waals surface area contributed by atoms with Crippen LogP contribution in [0.25, 0.3) is 0 Å². The van der Waals surface area contributed by atoms with Gasteiger partial charge in [-0.25, -0.2) is 0 Å². The lowest BCUT2D eigenvalue weighted by Crippen LogP contribution is -2.46. The molecule has 1 aliphatic rings. The third-order valence-electron chi connectivity index (χ3n) is 4.49. The SMILES string of the molecule is CNCC1CCN(C(=O)CN(C)C(=O)C(C)n2cccn2)CC1.Cl.Cl. The Bertz CT molecular complexity index is 519. The summed E-state index contributed by atoms with van der Waals surface area (Å²) in [6.45, 7) is 4.48. The highest BCUT2D eigenvalue weighted by molar-refractivity contribution is 5.86. The van der Waals surface area contributed by atoms with E-state index in [-0.39, 0.29) is 43.2 Å². The zero-order chi connectivity index (χ0) is 16.8. The van der Waals surface area contributed by atoms with Crippen LogP contribution in [0.15, 0.2) is 18.5 Å². The molecule has 144 valence electrons. The molecule has 0 aliphatic carbocycles. The molecule has 1 atom stereocenters. The monoisotopic (exact) mass is 393 g/mol. The van der Waals surface area contributed by atoms with Crippen molar-refractivity contribution in [1.29, 1.82) is 0 Å². The van der Waals surface area contributed by atoms with Crippen molar-refractivity contribution in [3.8, 4) is 0 Å². The average molecular weight is 394 g/mol. The van der Waals surface area contributed by atoms with Crippen molar-refractivity contribution in [1.82, 2.24) is 24.9 Å².